The summed E-state index contributed by atoms with van der Waals surface area (Å²) in [5, 5.41) is 4.95. The van der Waals surface area contributed by atoms with Gasteiger partial charge >= 0.3 is 11.8 Å². The summed E-state index contributed by atoms with van der Waals surface area (Å²) in [4.78, 5) is 27.2. The molecule has 2 N–H and O–H groups in total. The van der Waals surface area contributed by atoms with Gasteiger partial charge in [0.2, 0.25) is 0 Å². The quantitative estimate of drug-likeness (QED) is 0.831. The van der Waals surface area contributed by atoms with E-state index < -0.39 is 11.8 Å². The van der Waals surface area contributed by atoms with Crippen LogP contribution >= 0.6 is 0 Å². The van der Waals surface area contributed by atoms with Gasteiger partial charge < -0.3 is 15.4 Å². The van der Waals surface area contributed by atoms with Crippen LogP contribution in [0.25, 0.3) is 0 Å². The van der Waals surface area contributed by atoms with Crippen LogP contribution in [0.15, 0.2) is 48.7 Å². The first kappa shape index (κ1) is 14.5. The maximum Gasteiger partial charge on any atom is 0.314 e. The lowest BCUT2D eigenvalue weighted by Gasteiger charge is -2.06. The largest absolute Gasteiger partial charge is 0.497 e. The predicted octanol–water partition coefficient (Wildman–Crippen LogP) is 1.35. The number of methoxy groups -OCH3 is 1. The zero-order chi connectivity index (χ0) is 15.1. The Balaban J connectivity index is 1.84. The first-order chi connectivity index (χ1) is 10.2. The average molecular weight is 285 g/mol. The number of carbonyl (C=O) groups is 2. The monoisotopic (exact) mass is 285 g/mol. The van der Waals surface area contributed by atoms with Gasteiger partial charge in [-0.25, -0.2) is 4.98 Å². The number of ether oxygens (including phenoxy) is 1. The molecule has 6 heteroatoms. The number of nitrogens with one attached hydrogen (secondary N) is 2. The Hall–Kier alpha value is -2.89. The molecule has 1 heterocycles. The normalized spacial score (nSPS) is 9.76. The molecule has 0 fully saturated rings. The van der Waals surface area contributed by atoms with Crippen LogP contribution in [0.3, 0.4) is 0 Å². The van der Waals surface area contributed by atoms with Gasteiger partial charge in [0.25, 0.3) is 0 Å². The summed E-state index contributed by atoms with van der Waals surface area (Å²) in [5.74, 6) is -0.390. The molecular weight excluding hydrogens is 270 g/mol. The number of aromatic nitrogens is 1. The lowest BCUT2D eigenvalue weighted by atomic mass is 10.2. The Bertz CT molecular complexity index is 612. The molecule has 2 rings (SSSR count). The van der Waals surface area contributed by atoms with Gasteiger partial charge in [0.1, 0.15) is 11.6 Å². The van der Waals surface area contributed by atoms with E-state index in [1.54, 1.807) is 37.4 Å². The molecule has 21 heavy (non-hydrogen) atoms. The fourth-order valence-corrected chi connectivity index (χ4v) is 1.62. The molecule has 2 aromatic rings. The van der Waals surface area contributed by atoms with Gasteiger partial charge in [-0.1, -0.05) is 18.2 Å². The van der Waals surface area contributed by atoms with Gasteiger partial charge in [-0.2, -0.15) is 0 Å². The maximum absolute atomic E-state index is 11.7. The molecule has 6 nitrogen and oxygen atoms in total. The Morgan fingerprint density at radius 2 is 1.86 bits per heavy atom. The maximum atomic E-state index is 11.7. The molecule has 0 aliphatic carbocycles. The Morgan fingerprint density at radius 3 is 2.48 bits per heavy atom. The van der Waals surface area contributed by atoms with Crippen molar-refractivity contribution in [3.63, 3.8) is 0 Å². The van der Waals surface area contributed by atoms with Crippen LogP contribution in [0.5, 0.6) is 5.75 Å². The Morgan fingerprint density at radius 1 is 1.10 bits per heavy atom. The van der Waals surface area contributed by atoms with Crippen molar-refractivity contribution in [3.05, 3.63) is 54.2 Å². The molecule has 0 bridgehead atoms. The fourth-order valence-electron chi connectivity index (χ4n) is 1.62. The number of pyridine rings is 1. The van der Waals surface area contributed by atoms with Crippen molar-refractivity contribution >= 4 is 17.6 Å². The van der Waals surface area contributed by atoms with Gasteiger partial charge in [-0.15, -0.1) is 0 Å². The van der Waals surface area contributed by atoms with Gasteiger partial charge in [-0.3, -0.25) is 9.59 Å². The van der Waals surface area contributed by atoms with Crippen molar-refractivity contribution < 1.29 is 14.3 Å². The third-order valence-corrected chi connectivity index (χ3v) is 2.72. The van der Waals surface area contributed by atoms with Gasteiger partial charge in [0.15, 0.2) is 0 Å². The van der Waals surface area contributed by atoms with Gasteiger partial charge in [0, 0.05) is 12.7 Å². The number of anilines is 1. The summed E-state index contributed by atoms with van der Waals surface area (Å²) in [6.45, 7) is 0.262. The van der Waals surface area contributed by atoms with Crippen LogP contribution in [-0.2, 0) is 16.1 Å². The fraction of sp³-hybridized carbons (Fsp3) is 0.133. The molecular formula is C15H15N3O3. The van der Waals surface area contributed by atoms with Crippen molar-refractivity contribution in [2.45, 2.75) is 6.54 Å². The minimum Gasteiger partial charge on any atom is -0.497 e. The summed E-state index contributed by atoms with van der Waals surface area (Å²) in [7, 11) is 1.58. The van der Waals surface area contributed by atoms with Crippen molar-refractivity contribution in [1.82, 2.24) is 10.3 Å². The molecule has 0 saturated carbocycles. The zero-order valence-electron chi connectivity index (χ0n) is 11.5. The van der Waals surface area contributed by atoms with Crippen molar-refractivity contribution in [1.29, 1.82) is 0 Å². The van der Waals surface area contributed by atoms with Gasteiger partial charge in [0.05, 0.1) is 7.11 Å². The summed E-state index contributed by atoms with van der Waals surface area (Å²) in [5.41, 5.74) is 0.870. The number of amides is 2. The Labute approximate surface area is 122 Å². The highest BCUT2D eigenvalue weighted by Crippen LogP contribution is 2.10. The number of benzene rings is 1. The van der Waals surface area contributed by atoms with E-state index >= 15 is 0 Å². The first-order valence-electron chi connectivity index (χ1n) is 6.32. The number of hydrogen-bond donors (Lipinski definition) is 2. The molecule has 0 spiro atoms. The lowest BCUT2D eigenvalue weighted by molar-refractivity contribution is -0.136. The average Bonchev–Trinajstić information content (AvgIpc) is 2.54. The van der Waals surface area contributed by atoms with Crippen LogP contribution in [-0.4, -0.2) is 23.9 Å². The molecule has 2 amide bonds. The summed E-state index contributed by atoms with van der Waals surface area (Å²) in [6.07, 6.45) is 1.53. The predicted molar refractivity (Wildman–Crippen MR) is 77.7 cm³/mol. The summed E-state index contributed by atoms with van der Waals surface area (Å²) < 4.78 is 5.04. The third-order valence-electron chi connectivity index (χ3n) is 2.72. The number of carbonyl (C=O) groups excluding carboxylic acids is 2. The molecule has 1 aromatic heterocycles. The van der Waals surface area contributed by atoms with Crippen LogP contribution in [0.2, 0.25) is 0 Å². The highest BCUT2D eigenvalue weighted by Gasteiger charge is 2.13. The highest BCUT2D eigenvalue weighted by atomic mass is 16.5. The van der Waals surface area contributed by atoms with E-state index in [1.807, 2.05) is 12.1 Å². The molecule has 0 aliphatic heterocycles. The smallest absolute Gasteiger partial charge is 0.314 e. The van der Waals surface area contributed by atoms with Crippen molar-refractivity contribution in [3.8, 4) is 5.75 Å². The second kappa shape index (κ2) is 7.04. The second-order valence-corrected chi connectivity index (χ2v) is 4.20. The zero-order valence-corrected chi connectivity index (χ0v) is 11.5. The van der Waals surface area contributed by atoms with E-state index in [0.717, 1.165) is 11.3 Å². The minimum absolute atomic E-state index is 0.262. The molecule has 0 radical (unpaired) electrons. The first-order valence-corrected chi connectivity index (χ1v) is 6.32. The van der Waals surface area contributed by atoms with E-state index in [4.69, 9.17) is 4.74 Å². The summed E-state index contributed by atoms with van der Waals surface area (Å²) >= 11 is 0. The topological polar surface area (TPSA) is 80.3 Å². The third kappa shape index (κ3) is 4.31. The van der Waals surface area contributed by atoms with E-state index in [0.29, 0.717) is 5.82 Å². The van der Waals surface area contributed by atoms with Crippen molar-refractivity contribution in [2.24, 2.45) is 0 Å². The number of nitrogens with zero attached hydrogens (tertiary/aromatic N) is 1. The molecule has 108 valence electrons. The van der Waals surface area contributed by atoms with E-state index in [1.165, 1.54) is 6.20 Å². The van der Waals surface area contributed by atoms with E-state index in [2.05, 4.69) is 15.6 Å². The molecule has 0 aliphatic rings. The van der Waals surface area contributed by atoms with Crippen LogP contribution in [0.1, 0.15) is 5.56 Å². The minimum atomic E-state index is -0.748. The lowest BCUT2D eigenvalue weighted by Crippen LogP contribution is -2.35. The van der Waals surface area contributed by atoms with E-state index in [9.17, 15) is 9.59 Å². The Kier molecular flexibility index (Phi) is 4.87. The van der Waals surface area contributed by atoms with Crippen LogP contribution in [0.4, 0.5) is 5.82 Å². The van der Waals surface area contributed by atoms with E-state index in [-0.39, 0.29) is 6.54 Å². The van der Waals surface area contributed by atoms with Crippen LogP contribution < -0.4 is 15.4 Å². The molecule has 0 unspecified atom stereocenters. The molecule has 1 aromatic carbocycles. The van der Waals surface area contributed by atoms with Crippen LogP contribution in [0, 0.1) is 0 Å². The number of rotatable bonds is 4. The highest BCUT2D eigenvalue weighted by molar-refractivity contribution is 6.39. The summed E-state index contributed by atoms with van der Waals surface area (Å²) in [6, 6.07) is 12.3. The van der Waals surface area contributed by atoms with Crippen molar-refractivity contribution in [2.75, 3.05) is 12.4 Å². The molecule has 0 atom stereocenters. The van der Waals surface area contributed by atoms with Gasteiger partial charge in [-0.05, 0) is 29.8 Å². The SMILES string of the molecule is COc1ccc(CNC(=O)C(=O)Nc2ccccn2)cc1. The number of hydrogen-bond acceptors (Lipinski definition) is 4. The standard InChI is InChI=1S/C15H15N3O3/c1-21-12-7-5-11(6-8-12)10-17-14(19)15(20)18-13-4-2-3-9-16-13/h2-9H,10H2,1H3,(H,17,19)(H,16,18,20). The second-order valence-electron chi connectivity index (χ2n) is 4.20. The molecule has 0 saturated heterocycles.